The van der Waals surface area contributed by atoms with Crippen LogP contribution in [0.2, 0.25) is 0 Å². The summed E-state index contributed by atoms with van der Waals surface area (Å²) in [5.41, 5.74) is 0.236. The average molecular weight is 223 g/mol. The third-order valence-electron chi connectivity index (χ3n) is 3.07. The Morgan fingerprint density at radius 2 is 2.25 bits per heavy atom. The molecule has 0 aromatic carbocycles. The molecule has 4 nitrogen and oxygen atoms in total. The van der Waals surface area contributed by atoms with Crippen molar-refractivity contribution in [3.63, 3.8) is 0 Å². The summed E-state index contributed by atoms with van der Waals surface area (Å²) >= 11 is 0. The van der Waals surface area contributed by atoms with Crippen LogP contribution < -0.4 is 5.32 Å². The predicted molar refractivity (Wildman–Crippen MR) is 63.2 cm³/mol. The highest BCUT2D eigenvalue weighted by Crippen LogP contribution is 2.22. The first-order valence-electron chi connectivity index (χ1n) is 5.85. The smallest absolute Gasteiger partial charge is 0.0946 e. The molecule has 4 heteroatoms. The molecule has 1 atom stereocenters. The van der Waals surface area contributed by atoms with Gasteiger partial charge in [-0.15, -0.1) is 0 Å². The second-order valence-electron chi connectivity index (χ2n) is 5.58. The van der Waals surface area contributed by atoms with E-state index in [4.69, 9.17) is 4.74 Å². The first kappa shape index (κ1) is 11.6. The van der Waals surface area contributed by atoms with E-state index in [1.807, 2.05) is 18.7 Å². The lowest BCUT2D eigenvalue weighted by Crippen LogP contribution is -2.55. The Morgan fingerprint density at radius 3 is 2.69 bits per heavy atom. The molecule has 90 valence electrons. The van der Waals surface area contributed by atoms with E-state index in [1.165, 1.54) is 0 Å². The van der Waals surface area contributed by atoms with Crippen molar-refractivity contribution in [1.29, 1.82) is 0 Å². The van der Waals surface area contributed by atoms with Crippen LogP contribution in [0.3, 0.4) is 0 Å². The minimum Gasteiger partial charge on any atom is -0.378 e. The van der Waals surface area contributed by atoms with Crippen LogP contribution in [0.5, 0.6) is 0 Å². The lowest BCUT2D eigenvalue weighted by molar-refractivity contribution is -0.0179. The first-order valence-corrected chi connectivity index (χ1v) is 5.85. The number of hydrogen-bond donors (Lipinski definition) is 1. The molecule has 1 aromatic rings. The molecule has 0 aliphatic carbocycles. The molecule has 1 aliphatic rings. The third-order valence-corrected chi connectivity index (χ3v) is 3.07. The Hall–Kier alpha value is -0.870. The minimum absolute atomic E-state index is 0.236. The van der Waals surface area contributed by atoms with Crippen molar-refractivity contribution in [3.8, 4) is 0 Å². The van der Waals surface area contributed by atoms with Gasteiger partial charge in [0.05, 0.1) is 25.6 Å². The molecule has 0 radical (unpaired) electrons. The monoisotopic (exact) mass is 223 g/mol. The number of hydrogen-bond acceptors (Lipinski definition) is 3. The number of nitrogens with zero attached hydrogens (tertiary/aromatic N) is 2. The van der Waals surface area contributed by atoms with Crippen molar-refractivity contribution in [1.82, 2.24) is 14.9 Å². The maximum absolute atomic E-state index is 5.20. The fourth-order valence-electron chi connectivity index (χ4n) is 1.80. The van der Waals surface area contributed by atoms with Crippen molar-refractivity contribution in [2.45, 2.75) is 39.4 Å². The molecule has 1 aromatic heterocycles. The van der Waals surface area contributed by atoms with Gasteiger partial charge in [0.1, 0.15) is 0 Å². The molecule has 0 spiro atoms. The summed E-state index contributed by atoms with van der Waals surface area (Å²) in [7, 11) is 0. The van der Waals surface area contributed by atoms with Crippen molar-refractivity contribution < 1.29 is 4.74 Å². The van der Waals surface area contributed by atoms with Crippen LogP contribution in [0.15, 0.2) is 18.7 Å². The van der Waals surface area contributed by atoms with E-state index in [0.29, 0.717) is 12.1 Å². The SMILES string of the molecule is CC(C)(C)C(Cn1ccnc1)NC1COC1. The molecule has 1 aliphatic heterocycles. The summed E-state index contributed by atoms with van der Waals surface area (Å²) in [5.74, 6) is 0. The van der Waals surface area contributed by atoms with Crippen LogP contribution in [0, 0.1) is 5.41 Å². The topological polar surface area (TPSA) is 39.1 Å². The lowest BCUT2D eigenvalue weighted by Gasteiger charge is -2.38. The number of aromatic nitrogens is 2. The van der Waals surface area contributed by atoms with Gasteiger partial charge in [0, 0.05) is 25.0 Å². The van der Waals surface area contributed by atoms with E-state index < -0.39 is 0 Å². The predicted octanol–water partition coefficient (Wildman–Crippen LogP) is 1.29. The Bertz CT molecular complexity index is 312. The molecule has 1 fully saturated rings. The number of rotatable bonds is 4. The number of ether oxygens (including phenoxy) is 1. The van der Waals surface area contributed by atoms with Gasteiger partial charge in [-0.1, -0.05) is 20.8 Å². The highest BCUT2D eigenvalue weighted by molar-refractivity contribution is 4.88. The molecule has 0 bridgehead atoms. The van der Waals surface area contributed by atoms with Crippen LogP contribution in [-0.2, 0) is 11.3 Å². The van der Waals surface area contributed by atoms with Crippen molar-refractivity contribution in [3.05, 3.63) is 18.7 Å². The molecule has 1 N–H and O–H groups in total. The highest BCUT2D eigenvalue weighted by Gasteiger charge is 2.29. The first-order chi connectivity index (χ1) is 7.55. The summed E-state index contributed by atoms with van der Waals surface area (Å²) in [5, 5.41) is 3.66. The van der Waals surface area contributed by atoms with E-state index in [-0.39, 0.29) is 5.41 Å². The molecule has 1 saturated heterocycles. The van der Waals surface area contributed by atoms with Gasteiger partial charge in [0.25, 0.3) is 0 Å². The molecule has 0 amide bonds. The molecular weight excluding hydrogens is 202 g/mol. The maximum Gasteiger partial charge on any atom is 0.0946 e. The number of imidazole rings is 1. The Labute approximate surface area is 97.0 Å². The Balaban J connectivity index is 1.96. The summed E-state index contributed by atoms with van der Waals surface area (Å²) in [4.78, 5) is 4.08. The van der Waals surface area contributed by atoms with Gasteiger partial charge in [0.15, 0.2) is 0 Å². The van der Waals surface area contributed by atoms with Crippen molar-refractivity contribution >= 4 is 0 Å². The van der Waals surface area contributed by atoms with Crippen molar-refractivity contribution in [2.75, 3.05) is 13.2 Å². The van der Waals surface area contributed by atoms with Gasteiger partial charge in [-0.2, -0.15) is 0 Å². The summed E-state index contributed by atoms with van der Waals surface area (Å²) < 4.78 is 7.33. The summed E-state index contributed by atoms with van der Waals surface area (Å²) in [6.45, 7) is 9.44. The molecule has 1 unspecified atom stereocenters. The second kappa shape index (κ2) is 4.55. The largest absolute Gasteiger partial charge is 0.378 e. The van der Waals surface area contributed by atoms with Gasteiger partial charge in [-0.05, 0) is 5.41 Å². The molecule has 16 heavy (non-hydrogen) atoms. The average Bonchev–Trinajstić information content (AvgIpc) is 2.59. The molecule has 0 saturated carbocycles. The zero-order valence-corrected chi connectivity index (χ0v) is 10.3. The third kappa shape index (κ3) is 2.83. The summed E-state index contributed by atoms with van der Waals surface area (Å²) in [6.07, 6.45) is 5.71. The lowest BCUT2D eigenvalue weighted by atomic mass is 9.86. The highest BCUT2D eigenvalue weighted by atomic mass is 16.5. The zero-order valence-electron chi connectivity index (χ0n) is 10.3. The molecule has 2 rings (SSSR count). The van der Waals surface area contributed by atoms with Crippen LogP contribution in [0.4, 0.5) is 0 Å². The number of nitrogens with one attached hydrogen (secondary N) is 1. The van der Waals surface area contributed by atoms with Crippen LogP contribution >= 0.6 is 0 Å². The molecular formula is C12H21N3O. The van der Waals surface area contributed by atoms with Crippen LogP contribution in [0.25, 0.3) is 0 Å². The zero-order chi connectivity index (χ0) is 11.6. The van der Waals surface area contributed by atoms with Gasteiger partial charge < -0.3 is 14.6 Å². The van der Waals surface area contributed by atoms with E-state index in [2.05, 4.69) is 35.6 Å². The fourth-order valence-corrected chi connectivity index (χ4v) is 1.80. The quantitative estimate of drug-likeness (QED) is 0.836. The van der Waals surface area contributed by atoms with Crippen LogP contribution in [0.1, 0.15) is 20.8 Å². The Morgan fingerprint density at radius 1 is 1.50 bits per heavy atom. The normalized spacial score (nSPS) is 19.4. The van der Waals surface area contributed by atoms with Crippen LogP contribution in [-0.4, -0.2) is 34.8 Å². The fraction of sp³-hybridized carbons (Fsp3) is 0.750. The van der Waals surface area contributed by atoms with Gasteiger partial charge >= 0.3 is 0 Å². The van der Waals surface area contributed by atoms with Gasteiger partial charge in [0.2, 0.25) is 0 Å². The minimum atomic E-state index is 0.236. The molecule has 2 heterocycles. The summed E-state index contributed by atoms with van der Waals surface area (Å²) in [6, 6.07) is 0.961. The second-order valence-corrected chi connectivity index (χ2v) is 5.58. The van der Waals surface area contributed by atoms with E-state index in [1.54, 1.807) is 0 Å². The Kier molecular flexibility index (Phi) is 3.30. The standard InChI is InChI=1S/C12H21N3O/c1-12(2,3)11(14-10-7-16-8-10)6-15-5-4-13-9-15/h4-5,9-11,14H,6-8H2,1-3H3. The van der Waals surface area contributed by atoms with E-state index in [0.717, 1.165) is 19.8 Å². The van der Waals surface area contributed by atoms with Gasteiger partial charge in [-0.3, -0.25) is 0 Å². The van der Waals surface area contributed by atoms with E-state index >= 15 is 0 Å². The van der Waals surface area contributed by atoms with E-state index in [9.17, 15) is 0 Å². The van der Waals surface area contributed by atoms with Gasteiger partial charge in [-0.25, -0.2) is 4.98 Å². The maximum atomic E-state index is 5.20. The van der Waals surface area contributed by atoms with Crippen molar-refractivity contribution in [2.24, 2.45) is 5.41 Å².